The summed E-state index contributed by atoms with van der Waals surface area (Å²) in [6.45, 7) is 2.18. The van der Waals surface area contributed by atoms with Gasteiger partial charge in [-0.05, 0) is 42.8 Å². The molecule has 174 valence electrons. The molecule has 4 rings (SSSR count). The smallest absolute Gasteiger partial charge is 0.341 e. The number of hydrogen-bond acceptors (Lipinski definition) is 7. The highest BCUT2D eigenvalue weighted by atomic mass is 35.5. The number of carbonyl (C=O) groups is 1. The number of halogens is 2. The van der Waals surface area contributed by atoms with E-state index < -0.39 is 33.0 Å². The van der Waals surface area contributed by atoms with E-state index in [4.69, 9.17) is 25.5 Å². The molecule has 1 aliphatic rings. The number of rotatable bonds is 5. The van der Waals surface area contributed by atoms with Gasteiger partial charge >= 0.3 is 11.6 Å². The molecule has 0 spiro atoms. The van der Waals surface area contributed by atoms with Gasteiger partial charge in [-0.1, -0.05) is 11.6 Å². The lowest BCUT2D eigenvalue weighted by molar-refractivity contribution is 0.0468. The molecule has 0 N–H and O–H groups in total. The van der Waals surface area contributed by atoms with E-state index in [0.717, 1.165) is 24.3 Å². The maximum atomic E-state index is 14.4. The molecular formula is C22H19ClFNO7S. The first-order valence-corrected chi connectivity index (χ1v) is 11.8. The minimum absolute atomic E-state index is 0.158. The second kappa shape index (κ2) is 9.22. The standard InChI is InChI=1S/C22H19ClFNO7S/c1-13-8-20-16(11-18(13)23)14(9-21(26)32-20)12-31-22(27)17-10-15(2-3-19(17)24)33(28,29)25-4-6-30-7-5-25/h2-3,8-11H,4-7,12H2,1H3. The largest absolute Gasteiger partial charge is 0.457 e. The molecule has 1 aromatic heterocycles. The third-order valence-electron chi connectivity index (χ3n) is 5.23. The molecule has 3 aromatic rings. The van der Waals surface area contributed by atoms with Crippen LogP contribution in [-0.4, -0.2) is 45.0 Å². The topological polar surface area (TPSA) is 103 Å². The number of benzene rings is 2. The van der Waals surface area contributed by atoms with Gasteiger partial charge in [-0.2, -0.15) is 4.31 Å². The molecule has 33 heavy (non-hydrogen) atoms. The number of morpholine rings is 1. The molecule has 11 heteroatoms. The summed E-state index contributed by atoms with van der Waals surface area (Å²) < 4.78 is 56.8. The Bertz CT molecular complexity index is 1400. The van der Waals surface area contributed by atoms with Gasteiger partial charge < -0.3 is 13.9 Å². The molecule has 8 nitrogen and oxygen atoms in total. The summed E-state index contributed by atoms with van der Waals surface area (Å²) in [5, 5.41) is 0.887. The first kappa shape index (κ1) is 23.4. The number of ether oxygens (including phenoxy) is 2. The van der Waals surface area contributed by atoms with E-state index in [1.54, 1.807) is 19.1 Å². The summed E-state index contributed by atoms with van der Waals surface area (Å²) in [7, 11) is -3.93. The first-order chi connectivity index (χ1) is 15.7. The molecule has 0 saturated carbocycles. The van der Waals surface area contributed by atoms with Crippen LogP contribution in [0.25, 0.3) is 11.0 Å². The van der Waals surface area contributed by atoms with Gasteiger partial charge in [0.05, 0.1) is 23.7 Å². The van der Waals surface area contributed by atoms with Gasteiger partial charge in [-0.15, -0.1) is 0 Å². The number of hydrogen-bond donors (Lipinski definition) is 0. The van der Waals surface area contributed by atoms with Crippen LogP contribution in [0.5, 0.6) is 0 Å². The zero-order valence-corrected chi connectivity index (χ0v) is 19.0. The Morgan fingerprint density at radius 1 is 1.18 bits per heavy atom. The Balaban J connectivity index is 1.60. The van der Waals surface area contributed by atoms with E-state index in [-0.39, 0.29) is 43.4 Å². The van der Waals surface area contributed by atoms with Crippen LogP contribution in [0.1, 0.15) is 21.5 Å². The van der Waals surface area contributed by atoms with E-state index >= 15 is 0 Å². The molecular weight excluding hydrogens is 477 g/mol. The van der Waals surface area contributed by atoms with Crippen LogP contribution >= 0.6 is 11.6 Å². The second-order valence-electron chi connectivity index (χ2n) is 7.42. The highest BCUT2D eigenvalue weighted by Gasteiger charge is 2.28. The Morgan fingerprint density at radius 3 is 2.64 bits per heavy atom. The lowest BCUT2D eigenvalue weighted by Crippen LogP contribution is -2.40. The average Bonchev–Trinajstić information content (AvgIpc) is 2.79. The molecule has 0 bridgehead atoms. The Kier molecular flexibility index (Phi) is 6.53. The molecule has 0 amide bonds. The van der Waals surface area contributed by atoms with Crippen LogP contribution in [0.4, 0.5) is 4.39 Å². The summed E-state index contributed by atoms with van der Waals surface area (Å²) in [6, 6.07) is 7.26. The molecule has 1 fully saturated rings. The third-order valence-corrected chi connectivity index (χ3v) is 7.54. The van der Waals surface area contributed by atoms with Gasteiger partial charge in [-0.25, -0.2) is 22.4 Å². The highest BCUT2D eigenvalue weighted by Crippen LogP contribution is 2.26. The maximum absolute atomic E-state index is 14.4. The van der Waals surface area contributed by atoms with Crippen molar-refractivity contribution in [3.05, 3.63) is 74.3 Å². The van der Waals surface area contributed by atoms with Gasteiger partial charge in [0.1, 0.15) is 18.0 Å². The van der Waals surface area contributed by atoms with E-state index in [9.17, 15) is 22.4 Å². The van der Waals surface area contributed by atoms with Crippen molar-refractivity contribution in [1.82, 2.24) is 4.31 Å². The van der Waals surface area contributed by atoms with Crippen LogP contribution in [0, 0.1) is 12.7 Å². The van der Waals surface area contributed by atoms with E-state index in [1.807, 2.05) is 0 Å². The molecule has 2 heterocycles. The van der Waals surface area contributed by atoms with E-state index in [2.05, 4.69) is 0 Å². The lowest BCUT2D eigenvalue weighted by Gasteiger charge is -2.26. The number of sulfonamides is 1. The van der Waals surface area contributed by atoms with Crippen LogP contribution in [0.15, 0.2) is 50.5 Å². The number of fused-ring (bicyclic) bond motifs is 1. The fraction of sp³-hybridized carbons (Fsp3) is 0.273. The zero-order chi connectivity index (χ0) is 23.8. The van der Waals surface area contributed by atoms with Crippen LogP contribution < -0.4 is 5.63 Å². The van der Waals surface area contributed by atoms with Crippen molar-refractivity contribution >= 4 is 38.6 Å². The summed E-state index contributed by atoms with van der Waals surface area (Å²) in [6.07, 6.45) is 0. The monoisotopic (exact) mass is 495 g/mol. The summed E-state index contributed by atoms with van der Waals surface area (Å²) >= 11 is 6.16. The molecule has 2 aromatic carbocycles. The third kappa shape index (κ3) is 4.79. The highest BCUT2D eigenvalue weighted by molar-refractivity contribution is 7.89. The predicted octanol–water partition coefficient (Wildman–Crippen LogP) is 3.27. The van der Waals surface area contributed by atoms with Crippen molar-refractivity contribution in [3.8, 4) is 0 Å². The quantitative estimate of drug-likeness (QED) is 0.395. The predicted molar refractivity (Wildman–Crippen MR) is 117 cm³/mol. The van der Waals surface area contributed by atoms with Crippen molar-refractivity contribution < 1.29 is 31.5 Å². The Morgan fingerprint density at radius 2 is 1.91 bits per heavy atom. The summed E-state index contributed by atoms with van der Waals surface area (Å²) in [4.78, 5) is 24.3. The number of carbonyl (C=O) groups excluding carboxylic acids is 1. The van der Waals surface area contributed by atoms with Gasteiger partial charge in [0.15, 0.2) is 0 Å². The SMILES string of the molecule is Cc1cc2oc(=O)cc(COC(=O)c3cc(S(=O)(=O)N4CCOCC4)ccc3F)c2cc1Cl. The normalized spacial score (nSPS) is 15.0. The molecule has 0 radical (unpaired) electrons. The van der Waals surface area contributed by atoms with Gasteiger partial charge in [0.2, 0.25) is 10.0 Å². The maximum Gasteiger partial charge on any atom is 0.341 e. The van der Waals surface area contributed by atoms with Crippen molar-refractivity contribution in [2.75, 3.05) is 26.3 Å². The number of aryl methyl sites for hydroxylation is 1. The van der Waals surface area contributed by atoms with E-state index in [0.29, 0.717) is 21.5 Å². The summed E-state index contributed by atoms with van der Waals surface area (Å²) in [5.74, 6) is -2.01. The molecule has 0 unspecified atom stereocenters. The van der Waals surface area contributed by atoms with Crippen LogP contribution in [0.2, 0.25) is 5.02 Å². The minimum Gasteiger partial charge on any atom is -0.457 e. The number of nitrogens with zero attached hydrogens (tertiary/aromatic N) is 1. The van der Waals surface area contributed by atoms with Crippen molar-refractivity contribution in [2.45, 2.75) is 18.4 Å². The van der Waals surface area contributed by atoms with Gasteiger partial charge in [0.25, 0.3) is 0 Å². The fourth-order valence-electron chi connectivity index (χ4n) is 3.45. The zero-order valence-electron chi connectivity index (χ0n) is 17.5. The Labute approximate surface area is 193 Å². The summed E-state index contributed by atoms with van der Waals surface area (Å²) in [5.41, 5.74) is 0.0848. The van der Waals surface area contributed by atoms with Crippen LogP contribution in [0.3, 0.4) is 0 Å². The molecule has 0 aliphatic carbocycles. The van der Waals surface area contributed by atoms with Crippen molar-refractivity contribution in [1.29, 1.82) is 0 Å². The first-order valence-electron chi connectivity index (χ1n) is 9.94. The van der Waals surface area contributed by atoms with E-state index in [1.165, 1.54) is 4.31 Å². The lowest BCUT2D eigenvalue weighted by atomic mass is 10.1. The minimum atomic E-state index is -3.93. The fourth-order valence-corrected chi connectivity index (χ4v) is 5.04. The number of esters is 1. The van der Waals surface area contributed by atoms with Gasteiger partial charge in [-0.3, -0.25) is 0 Å². The molecule has 1 saturated heterocycles. The van der Waals surface area contributed by atoms with Crippen molar-refractivity contribution in [2.24, 2.45) is 0 Å². The second-order valence-corrected chi connectivity index (χ2v) is 9.77. The van der Waals surface area contributed by atoms with Gasteiger partial charge in [0, 0.05) is 35.1 Å². The average molecular weight is 496 g/mol. The van der Waals surface area contributed by atoms with Crippen molar-refractivity contribution in [3.63, 3.8) is 0 Å². The molecule has 1 aliphatic heterocycles. The van der Waals surface area contributed by atoms with Crippen LogP contribution in [-0.2, 0) is 26.1 Å². The Hall–Kier alpha value is -2.79. The molecule has 0 atom stereocenters.